The van der Waals surface area contributed by atoms with Gasteiger partial charge in [0.1, 0.15) is 16.6 Å². The summed E-state index contributed by atoms with van der Waals surface area (Å²) in [7, 11) is 0. The first-order valence-electron chi connectivity index (χ1n) is 9.77. The summed E-state index contributed by atoms with van der Waals surface area (Å²) in [5.41, 5.74) is 8.58. The highest BCUT2D eigenvalue weighted by molar-refractivity contribution is 7.90. The van der Waals surface area contributed by atoms with Crippen LogP contribution >= 0.6 is 0 Å². The maximum Gasteiger partial charge on any atom is 0.248 e. The van der Waals surface area contributed by atoms with Gasteiger partial charge in [-0.15, -0.1) is 4.72 Å². The third kappa shape index (κ3) is 4.84. The van der Waals surface area contributed by atoms with Crippen LogP contribution in [-0.4, -0.2) is 25.2 Å². The molecule has 2 aromatic rings. The number of aromatic amines is 1. The van der Waals surface area contributed by atoms with E-state index in [1.807, 2.05) is 45.9 Å². The van der Waals surface area contributed by atoms with E-state index in [2.05, 4.69) is 9.71 Å². The van der Waals surface area contributed by atoms with E-state index in [1.54, 1.807) is 0 Å². The number of hydrogen-bond acceptors (Lipinski definition) is 4. The molecule has 28 heavy (non-hydrogen) atoms. The zero-order valence-electron chi connectivity index (χ0n) is 16.9. The van der Waals surface area contributed by atoms with E-state index in [-0.39, 0.29) is 30.8 Å². The van der Waals surface area contributed by atoms with Gasteiger partial charge in [-0.05, 0) is 64.2 Å². The number of halogens is 2. The van der Waals surface area contributed by atoms with Crippen molar-refractivity contribution in [2.75, 3.05) is 0 Å². The van der Waals surface area contributed by atoms with Crippen molar-refractivity contribution in [2.24, 2.45) is 11.7 Å². The standard InChI is InChI=1S/C20H30F2N4OS/c1-12(23)14-5-6-15-16(11-14)25-18(24-15)17(26-28(27)19(2,3)4)13-7-9-20(21,22)10-8-13/h5-6,11-13,17,26H,7-10,23H2,1-4H3,(H,24,25)/t12-,17+,28?/m1/s1. The zero-order chi connectivity index (χ0) is 20.7. The van der Waals surface area contributed by atoms with E-state index in [0.29, 0.717) is 18.7 Å². The van der Waals surface area contributed by atoms with Gasteiger partial charge in [-0.2, -0.15) is 0 Å². The van der Waals surface area contributed by atoms with Gasteiger partial charge in [-0.1, -0.05) is 6.07 Å². The van der Waals surface area contributed by atoms with Gasteiger partial charge >= 0.3 is 0 Å². The fraction of sp³-hybridized carbons (Fsp3) is 0.650. The van der Waals surface area contributed by atoms with Crippen LogP contribution in [0, 0.1) is 5.92 Å². The second kappa shape index (κ2) is 7.89. The predicted molar refractivity (Wildman–Crippen MR) is 109 cm³/mol. The molecule has 0 amide bonds. The Morgan fingerprint density at radius 1 is 1.32 bits per heavy atom. The van der Waals surface area contributed by atoms with Crippen molar-refractivity contribution < 1.29 is 13.3 Å². The highest BCUT2D eigenvalue weighted by Crippen LogP contribution is 2.41. The summed E-state index contributed by atoms with van der Waals surface area (Å²) in [6.07, 6.45) is 0.447. The number of nitrogens with zero attached hydrogens (tertiary/aromatic N) is 1. The van der Waals surface area contributed by atoms with Crippen molar-refractivity contribution >= 4 is 22.4 Å². The van der Waals surface area contributed by atoms with Gasteiger partial charge in [0, 0.05) is 30.2 Å². The lowest BCUT2D eigenvalue weighted by Gasteiger charge is -2.35. The van der Waals surface area contributed by atoms with E-state index in [0.717, 1.165) is 16.6 Å². The van der Waals surface area contributed by atoms with E-state index < -0.39 is 22.0 Å². The number of nitrogens with one attached hydrogen (secondary N) is 2. The molecule has 1 heterocycles. The number of benzene rings is 1. The Bertz CT molecular complexity index is 808. The number of aromatic nitrogens is 2. The minimum Gasteiger partial charge on any atom is -0.598 e. The molecule has 0 radical (unpaired) electrons. The summed E-state index contributed by atoms with van der Waals surface area (Å²) in [6.45, 7) is 7.56. The van der Waals surface area contributed by atoms with Crippen LogP contribution < -0.4 is 10.5 Å². The van der Waals surface area contributed by atoms with Crippen LogP contribution in [0.25, 0.3) is 11.0 Å². The molecule has 1 fully saturated rings. The second-order valence-corrected chi connectivity index (χ2v) is 10.9. The number of imidazole rings is 1. The van der Waals surface area contributed by atoms with E-state index in [4.69, 9.17) is 10.7 Å². The SMILES string of the molecule is C[C@@H](N)c1ccc2[nH]c([C@@H](N[S+]([O-])C(C)(C)C)C3CCC(F)(F)CC3)nc2c1. The number of fused-ring (bicyclic) bond motifs is 1. The third-order valence-electron chi connectivity index (χ3n) is 5.37. The first kappa shape index (κ1) is 21.5. The van der Waals surface area contributed by atoms with Crippen LogP contribution in [0.15, 0.2) is 18.2 Å². The first-order valence-corrected chi connectivity index (χ1v) is 10.9. The lowest BCUT2D eigenvalue weighted by atomic mass is 9.82. The maximum atomic E-state index is 13.7. The lowest BCUT2D eigenvalue weighted by Crippen LogP contribution is -2.44. The number of rotatable bonds is 5. The Hall–Kier alpha value is -1.22. The van der Waals surface area contributed by atoms with Gasteiger partial charge in [0.05, 0.1) is 11.0 Å². The molecule has 0 aliphatic heterocycles. The Labute approximate surface area is 168 Å². The maximum absolute atomic E-state index is 13.7. The number of nitrogens with two attached hydrogens (primary N) is 1. The van der Waals surface area contributed by atoms with Crippen molar-refractivity contribution in [3.63, 3.8) is 0 Å². The average molecular weight is 413 g/mol. The minimum atomic E-state index is -2.61. The lowest BCUT2D eigenvalue weighted by molar-refractivity contribution is -0.0492. The highest BCUT2D eigenvalue weighted by atomic mass is 32.2. The normalized spacial score (nSPS) is 21.6. The van der Waals surface area contributed by atoms with Crippen LogP contribution in [0.5, 0.6) is 0 Å². The molecule has 156 valence electrons. The first-order chi connectivity index (χ1) is 13.0. The van der Waals surface area contributed by atoms with Crippen molar-refractivity contribution in [2.45, 2.75) is 76.1 Å². The molecule has 0 spiro atoms. The van der Waals surface area contributed by atoms with Crippen LogP contribution in [-0.2, 0) is 11.4 Å². The second-order valence-electron chi connectivity index (χ2n) is 8.86. The van der Waals surface area contributed by atoms with Gasteiger partial charge in [0.2, 0.25) is 5.92 Å². The predicted octanol–water partition coefficient (Wildman–Crippen LogP) is 4.50. The van der Waals surface area contributed by atoms with E-state index in [9.17, 15) is 13.3 Å². The molecular formula is C20H30F2N4OS. The average Bonchev–Trinajstić information content (AvgIpc) is 3.01. The van der Waals surface area contributed by atoms with Crippen molar-refractivity contribution in [1.82, 2.24) is 14.7 Å². The van der Waals surface area contributed by atoms with Crippen molar-refractivity contribution in [3.8, 4) is 0 Å². The minimum absolute atomic E-state index is 0.0561. The van der Waals surface area contributed by atoms with Crippen LogP contribution in [0.4, 0.5) is 8.78 Å². The van der Waals surface area contributed by atoms with Gasteiger partial charge in [0.25, 0.3) is 0 Å². The molecule has 1 aliphatic rings. The van der Waals surface area contributed by atoms with Gasteiger partial charge in [-0.25, -0.2) is 13.8 Å². The fourth-order valence-corrected chi connectivity index (χ4v) is 4.42. The highest BCUT2D eigenvalue weighted by Gasteiger charge is 2.41. The fourth-order valence-electron chi connectivity index (χ4n) is 3.54. The van der Waals surface area contributed by atoms with E-state index >= 15 is 0 Å². The summed E-state index contributed by atoms with van der Waals surface area (Å²) in [5, 5.41) is 0. The molecule has 3 atom stereocenters. The van der Waals surface area contributed by atoms with Crippen LogP contribution in [0.3, 0.4) is 0 Å². The molecule has 0 bridgehead atoms. The van der Waals surface area contributed by atoms with Crippen molar-refractivity contribution in [3.05, 3.63) is 29.6 Å². The van der Waals surface area contributed by atoms with Gasteiger partial charge < -0.3 is 15.3 Å². The summed E-state index contributed by atoms with van der Waals surface area (Å²) in [5.74, 6) is -2.02. The Morgan fingerprint density at radius 2 is 1.96 bits per heavy atom. The van der Waals surface area contributed by atoms with Gasteiger partial charge in [-0.3, -0.25) is 0 Å². The van der Waals surface area contributed by atoms with Gasteiger partial charge in [0.15, 0.2) is 0 Å². The molecule has 0 saturated heterocycles. The number of H-pyrrole nitrogens is 1. The molecule has 5 nitrogen and oxygen atoms in total. The molecule has 8 heteroatoms. The topological polar surface area (TPSA) is 89.8 Å². The molecule has 1 aliphatic carbocycles. The summed E-state index contributed by atoms with van der Waals surface area (Å²) < 4.78 is 42.8. The van der Waals surface area contributed by atoms with Crippen LogP contribution in [0.1, 0.15) is 76.8 Å². The summed E-state index contributed by atoms with van der Waals surface area (Å²) >= 11 is -1.34. The Kier molecular flexibility index (Phi) is 6.06. The Balaban J connectivity index is 1.92. The quantitative estimate of drug-likeness (QED) is 0.631. The van der Waals surface area contributed by atoms with Crippen molar-refractivity contribution in [1.29, 1.82) is 0 Å². The number of hydrogen-bond donors (Lipinski definition) is 3. The molecule has 1 aromatic carbocycles. The largest absolute Gasteiger partial charge is 0.598 e. The summed E-state index contributed by atoms with van der Waals surface area (Å²) in [6, 6.07) is 5.34. The molecule has 3 rings (SSSR count). The molecule has 1 aromatic heterocycles. The molecule has 1 saturated carbocycles. The number of alkyl halides is 2. The van der Waals surface area contributed by atoms with Crippen LogP contribution in [0.2, 0.25) is 0 Å². The molecular weight excluding hydrogens is 382 g/mol. The third-order valence-corrected chi connectivity index (χ3v) is 6.95. The Morgan fingerprint density at radius 3 is 2.54 bits per heavy atom. The smallest absolute Gasteiger partial charge is 0.248 e. The van der Waals surface area contributed by atoms with E-state index in [1.165, 1.54) is 0 Å². The monoisotopic (exact) mass is 412 g/mol. The molecule has 1 unspecified atom stereocenters. The zero-order valence-corrected chi connectivity index (χ0v) is 17.7. The summed E-state index contributed by atoms with van der Waals surface area (Å²) in [4.78, 5) is 8.01. The molecule has 4 N–H and O–H groups in total.